The molecule has 0 heterocycles. The summed E-state index contributed by atoms with van der Waals surface area (Å²) >= 11 is 12.7. The van der Waals surface area contributed by atoms with Gasteiger partial charge in [0.2, 0.25) is 11.8 Å². The molecule has 0 aliphatic heterocycles. The molecule has 0 bridgehead atoms. The molecule has 4 rings (SSSR count). The number of aryl methyl sites for hydroxylation is 1. The minimum Gasteiger partial charge on any atom is -0.352 e. The largest absolute Gasteiger partial charge is 0.352 e. The van der Waals surface area contributed by atoms with Crippen LogP contribution in [0.15, 0.2) is 108 Å². The van der Waals surface area contributed by atoms with E-state index in [2.05, 4.69) is 5.32 Å². The summed E-state index contributed by atoms with van der Waals surface area (Å²) in [4.78, 5) is 29.9. The first-order valence-electron chi connectivity index (χ1n) is 14.7. The molecule has 2 amide bonds. The second-order valence-electron chi connectivity index (χ2n) is 11.0. The Bertz CT molecular complexity index is 1700. The number of carbonyl (C=O) groups excluding carboxylic acids is 2. The lowest BCUT2D eigenvalue weighted by atomic mass is 10.0. The molecule has 1 N–H and O–H groups in total. The predicted molar refractivity (Wildman–Crippen MR) is 181 cm³/mol. The number of benzene rings is 4. The zero-order valence-electron chi connectivity index (χ0n) is 25.5. The monoisotopic (exact) mass is 665 g/mol. The highest BCUT2D eigenvalue weighted by Crippen LogP contribution is 2.33. The number of nitrogens with zero attached hydrogens (tertiary/aromatic N) is 2. The van der Waals surface area contributed by atoms with Gasteiger partial charge < -0.3 is 10.2 Å². The van der Waals surface area contributed by atoms with Crippen LogP contribution in [0.2, 0.25) is 10.0 Å². The zero-order chi connectivity index (χ0) is 32.6. The fourth-order valence-corrected chi connectivity index (χ4v) is 6.82. The van der Waals surface area contributed by atoms with Gasteiger partial charge in [0.1, 0.15) is 12.6 Å². The second kappa shape index (κ2) is 15.4. The number of anilines is 1. The third kappa shape index (κ3) is 8.87. The van der Waals surface area contributed by atoms with E-state index in [1.165, 1.54) is 35.2 Å². The first kappa shape index (κ1) is 34.0. The second-order valence-corrected chi connectivity index (χ2v) is 13.7. The summed E-state index contributed by atoms with van der Waals surface area (Å²) in [5.74, 6) is -0.892. The van der Waals surface area contributed by atoms with E-state index in [1.807, 2.05) is 75.4 Å². The van der Waals surface area contributed by atoms with E-state index in [1.54, 1.807) is 18.2 Å². The van der Waals surface area contributed by atoms with Crippen LogP contribution in [-0.2, 0) is 32.6 Å². The Balaban J connectivity index is 1.82. The fraction of sp³-hybridized carbons (Fsp3) is 0.257. The molecule has 0 fully saturated rings. The Morgan fingerprint density at radius 2 is 1.47 bits per heavy atom. The van der Waals surface area contributed by atoms with Crippen molar-refractivity contribution in [1.82, 2.24) is 10.2 Å². The van der Waals surface area contributed by atoms with E-state index in [0.29, 0.717) is 11.4 Å². The van der Waals surface area contributed by atoms with E-state index >= 15 is 0 Å². The smallest absolute Gasteiger partial charge is 0.264 e. The van der Waals surface area contributed by atoms with Gasteiger partial charge in [0.05, 0.1) is 15.6 Å². The molecular weight excluding hydrogens is 629 g/mol. The van der Waals surface area contributed by atoms with Gasteiger partial charge in [-0.15, -0.1) is 0 Å². The molecular formula is C35H37Cl2N3O4S. The van der Waals surface area contributed by atoms with Crippen LogP contribution in [0.25, 0.3) is 0 Å². The summed E-state index contributed by atoms with van der Waals surface area (Å²) in [5.41, 5.74) is 2.80. The third-order valence-corrected chi connectivity index (χ3v) is 9.85. The number of rotatable bonds is 13. The van der Waals surface area contributed by atoms with E-state index in [4.69, 9.17) is 23.2 Å². The van der Waals surface area contributed by atoms with Gasteiger partial charge in [-0.25, -0.2) is 8.42 Å². The Morgan fingerprint density at radius 1 is 0.844 bits per heavy atom. The van der Waals surface area contributed by atoms with Crippen molar-refractivity contribution in [2.75, 3.05) is 10.8 Å². The Hall–Kier alpha value is -3.85. The first-order chi connectivity index (χ1) is 21.5. The topological polar surface area (TPSA) is 86.8 Å². The van der Waals surface area contributed by atoms with Crippen LogP contribution >= 0.6 is 23.2 Å². The van der Waals surface area contributed by atoms with Gasteiger partial charge in [-0.05, 0) is 61.7 Å². The Morgan fingerprint density at radius 3 is 2.07 bits per heavy atom. The van der Waals surface area contributed by atoms with E-state index in [-0.39, 0.29) is 40.5 Å². The number of hydrogen-bond acceptors (Lipinski definition) is 4. The molecule has 0 aromatic heterocycles. The molecule has 0 spiro atoms. The highest BCUT2D eigenvalue weighted by Gasteiger charge is 2.35. The van der Waals surface area contributed by atoms with Crippen molar-refractivity contribution in [3.8, 4) is 0 Å². The molecule has 2 atom stereocenters. The van der Waals surface area contributed by atoms with Crippen LogP contribution in [0.3, 0.4) is 0 Å². The van der Waals surface area contributed by atoms with Crippen molar-refractivity contribution >= 4 is 50.7 Å². The van der Waals surface area contributed by atoms with Gasteiger partial charge >= 0.3 is 0 Å². The van der Waals surface area contributed by atoms with Crippen molar-refractivity contribution in [2.24, 2.45) is 0 Å². The number of amides is 2. The van der Waals surface area contributed by atoms with Crippen LogP contribution in [0.1, 0.15) is 37.0 Å². The van der Waals surface area contributed by atoms with Gasteiger partial charge in [-0.1, -0.05) is 108 Å². The van der Waals surface area contributed by atoms with Crippen molar-refractivity contribution in [1.29, 1.82) is 0 Å². The minimum absolute atomic E-state index is 0.00995. The number of halogens is 2. The standard InChI is InChI=1S/C35H37Cl2N3O4S/c1-4-26(3)38-35(42)33(21-27-11-7-5-8-12-27)39(23-28-17-15-25(2)16-18-28)34(41)24-40(32-20-19-29(36)22-31(32)37)45(43,44)30-13-9-6-10-14-30/h5-20,22,26,33H,4,21,23-24H2,1-3H3,(H,38,42). The molecule has 0 radical (unpaired) electrons. The summed E-state index contributed by atoms with van der Waals surface area (Å²) in [6.07, 6.45) is 0.932. The molecule has 7 nitrogen and oxygen atoms in total. The molecule has 4 aromatic rings. The Labute approximate surface area is 275 Å². The lowest BCUT2D eigenvalue weighted by Crippen LogP contribution is -2.54. The van der Waals surface area contributed by atoms with E-state index < -0.39 is 28.5 Å². The summed E-state index contributed by atoms with van der Waals surface area (Å²) in [7, 11) is -4.27. The summed E-state index contributed by atoms with van der Waals surface area (Å²) < 4.78 is 29.2. The van der Waals surface area contributed by atoms with Crippen LogP contribution in [0.5, 0.6) is 0 Å². The van der Waals surface area contributed by atoms with Gasteiger partial charge in [0, 0.05) is 24.0 Å². The summed E-state index contributed by atoms with van der Waals surface area (Å²) in [6.45, 7) is 5.31. The number of nitrogens with one attached hydrogen (secondary N) is 1. The number of hydrogen-bond donors (Lipinski definition) is 1. The summed E-state index contributed by atoms with van der Waals surface area (Å²) in [6, 6.07) is 28.3. The van der Waals surface area contributed by atoms with Crippen LogP contribution in [-0.4, -0.2) is 43.8 Å². The van der Waals surface area contributed by atoms with Gasteiger partial charge in [-0.2, -0.15) is 0 Å². The van der Waals surface area contributed by atoms with Crippen molar-refractivity contribution in [3.63, 3.8) is 0 Å². The van der Waals surface area contributed by atoms with E-state index in [0.717, 1.165) is 21.0 Å². The average Bonchev–Trinajstić information content (AvgIpc) is 3.03. The number of sulfonamides is 1. The number of carbonyl (C=O) groups is 2. The Kier molecular flexibility index (Phi) is 11.7. The fourth-order valence-electron chi connectivity index (χ4n) is 4.80. The average molecular weight is 667 g/mol. The molecule has 10 heteroatoms. The SMILES string of the molecule is CCC(C)NC(=O)C(Cc1ccccc1)N(Cc1ccc(C)cc1)C(=O)CN(c1ccc(Cl)cc1Cl)S(=O)(=O)c1ccccc1. The van der Waals surface area contributed by atoms with Gasteiger partial charge in [0.15, 0.2) is 0 Å². The maximum absolute atomic E-state index is 14.5. The van der Waals surface area contributed by atoms with Gasteiger partial charge in [0.25, 0.3) is 10.0 Å². The lowest BCUT2D eigenvalue weighted by molar-refractivity contribution is -0.140. The van der Waals surface area contributed by atoms with Crippen molar-refractivity contribution < 1.29 is 18.0 Å². The predicted octanol–water partition coefficient (Wildman–Crippen LogP) is 7.05. The molecule has 0 aliphatic rings. The summed E-state index contributed by atoms with van der Waals surface area (Å²) in [5, 5.41) is 3.42. The molecule has 45 heavy (non-hydrogen) atoms. The highest BCUT2D eigenvalue weighted by atomic mass is 35.5. The third-order valence-electron chi connectivity index (χ3n) is 7.53. The first-order valence-corrected chi connectivity index (χ1v) is 16.9. The highest BCUT2D eigenvalue weighted by molar-refractivity contribution is 7.92. The molecule has 236 valence electrons. The van der Waals surface area contributed by atoms with Crippen LogP contribution in [0, 0.1) is 6.92 Å². The molecule has 2 unspecified atom stereocenters. The molecule has 4 aromatic carbocycles. The molecule has 0 saturated heterocycles. The van der Waals surface area contributed by atoms with Crippen molar-refractivity contribution in [2.45, 2.75) is 57.1 Å². The molecule has 0 aliphatic carbocycles. The normalized spacial score (nSPS) is 12.6. The molecule has 0 saturated carbocycles. The van der Waals surface area contributed by atoms with Crippen molar-refractivity contribution in [3.05, 3.63) is 130 Å². The zero-order valence-corrected chi connectivity index (χ0v) is 27.8. The lowest BCUT2D eigenvalue weighted by Gasteiger charge is -2.34. The quantitative estimate of drug-likeness (QED) is 0.166. The maximum atomic E-state index is 14.5. The van der Waals surface area contributed by atoms with Gasteiger partial charge in [-0.3, -0.25) is 13.9 Å². The van der Waals surface area contributed by atoms with Crippen LogP contribution in [0.4, 0.5) is 5.69 Å². The van der Waals surface area contributed by atoms with Crippen LogP contribution < -0.4 is 9.62 Å². The van der Waals surface area contributed by atoms with E-state index in [9.17, 15) is 18.0 Å². The maximum Gasteiger partial charge on any atom is 0.264 e. The minimum atomic E-state index is -4.27.